The molecular formula is C21H24BrNO5S. The van der Waals surface area contributed by atoms with Gasteiger partial charge in [-0.2, -0.15) is 4.31 Å². The first-order chi connectivity index (χ1) is 13.8. The number of carbonyl (C=O) groups excluding carboxylic acids is 1. The van der Waals surface area contributed by atoms with Crippen LogP contribution in [0, 0.1) is 0 Å². The van der Waals surface area contributed by atoms with Crippen molar-refractivity contribution in [3.63, 3.8) is 0 Å². The highest BCUT2D eigenvalue weighted by atomic mass is 79.9. The van der Waals surface area contributed by atoms with Gasteiger partial charge in [-0.1, -0.05) is 29.8 Å². The molecule has 156 valence electrons. The minimum Gasteiger partial charge on any atom is -0.493 e. The standard InChI is InChI=1S/C21H24BrNO5S/c1-5-23(6-2)29(25,26)17-10-7-15(8-11-17)19(24)12-9-16-13-20(27-3)21(28-4)14-18(16)22/h7-14H,5-6H2,1-4H3. The van der Waals surface area contributed by atoms with Crippen LogP contribution >= 0.6 is 15.9 Å². The van der Waals surface area contributed by atoms with Gasteiger partial charge in [0.1, 0.15) is 0 Å². The molecule has 0 atom stereocenters. The summed E-state index contributed by atoms with van der Waals surface area (Å²) in [5.41, 5.74) is 1.15. The summed E-state index contributed by atoms with van der Waals surface area (Å²) in [6, 6.07) is 9.48. The van der Waals surface area contributed by atoms with Crippen LogP contribution in [-0.2, 0) is 10.0 Å². The second-order valence-corrected chi connectivity index (χ2v) is 8.83. The van der Waals surface area contributed by atoms with E-state index in [4.69, 9.17) is 9.47 Å². The van der Waals surface area contributed by atoms with Crippen molar-refractivity contribution in [1.82, 2.24) is 4.31 Å². The lowest BCUT2D eigenvalue weighted by molar-refractivity contribution is 0.104. The number of rotatable bonds is 9. The van der Waals surface area contributed by atoms with Crippen LogP contribution in [0.15, 0.2) is 51.8 Å². The largest absolute Gasteiger partial charge is 0.493 e. The molecule has 0 saturated heterocycles. The Balaban J connectivity index is 2.24. The third-order valence-electron chi connectivity index (χ3n) is 4.40. The van der Waals surface area contributed by atoms with E-state index in [0.717, 1.165) is 10.0 Å². The van der Waals surface area contributed by atoms with E-state index in [-0.39, 0.29) is 10.7 Å². The second kappa shape index (κ2) is 10.0. The van der Waals surface area contributed by atoms with E-state index in [1.54, 1.807) is 39.2 Å². The SMILES string of the molecule is CCN(CC)S(=O)(=O)c1ccc(C(=O)C=Cc2cc(OC)c(OC)cc2Br)cc1. The Morgan fingerprint density at radius 1 is 1.03 bits per heavy atom. The Labute approximate surface area is 180 Å². The predicted octanol–water partition coefficient (Wildman–Crippen LogP) is 4.39. The average molecular weight is 482 g/mol. The minimum atomic E-state index is -3.55. The maximum absolute atomic E-state index is 12.5. The number of halogens is 1. The molecule has 0 heterocycles. The fourth-order valence-corrected chi connectivity index (χ4v) is 4.68. The van der Waals surface area contributed by atoms with E-state index in [1.807, 2.05) is 0 Å². The molecule has 0 saturated carbocycles. The second-order valence-electron chi connectivity index (χ2n) is 6.04. The maximum Gasteiger partial charge on any atom is 0.243 e. The van der Waals surface area contributed by atoms with E-state index in [0.29, 0.717) is 30.2 Å². The highest BCUT2D eigenvalue weighted by molar-refractivity contribution is 9.10. The fourth-order valence-electron chi connectivity index (χ4n) is 2.76. The number of ketones is 1. The van der Waals surface area contributed by atoms with Gasteiger partial charge in [0.2, 0.25) is 10.0 Å². The smallest absolute Gasteiger partial charge is 0.243 e. The van der Waals surface area contributed by atoms with Crippen LogP contribution in [0.25, 0.3) is 6.08 Å². The number of hydrogen-bond donors (Lipinski definition) is 0. The number of hydrogen-bond acceptors (Lipinski definition) is 5. The number of ether oxygens (including phenoxy) is 2. The van der Waals surface area contributed by atoms with Crippen molar-refractivity contribution in [1.29, 1.82) is 0 Å². The fraction of sp³-hybridized carbons (Fsp3) is 0.286. The Morgan fingerprint density at radius 2 is 1.59 bits per heavy atom. The molecular weight excluding hydrogens is 458 g/mol. The van der Waals surface area contributed by atoms with Gasteiger partial charge in [0, 0.05) is 23.1 Å². The first kappa shape index (κ1) is 23.1. The number of sulfonamides is 1. The molecule has 0 bridgehead atoms. The predicted molar refractivity (Wildman–Crippen MR) is 117 cm³/mol. The number of benzene rings is 2. The molecule has 0 amide bonds. The van der Waals surface area contributed by atoms with Crippen molar-refractivity contribution in [2.24, 2.45) is 0 Å². The summed E-state index contributed by atoms with van der Waals surface area (Å²) in [5, 5.41) is 0. The van der Waals surface area contributed by atoms with Crippen LogP contribution in [-0.4, -0.2) is 45.8 Å². The summed E-state index contributed by atoms with van der Waals surface area (Å²) in [6.07, 6.45) is 3.09. The number of methoxy groups -OCH3 is 2. The number of nitrogens with zero attached hydrogens (tertiary/aromatic N) is 1. The molecule has 8 heteroatoms. The van der Waals surface area contributed by atoms with Crippen molar-refractivity contribution in [2.75, 3.05) is 27.3 Å². The van der Waals surface area contributed by atoms with Crippen molar-refractivity contribution >= 4 is 37.8 Å². The van der Waals surface area contributed by atoms with E-state index < -0.39 is 10.0 Å². The molecule has 29 heavy (non-hydrogen) atoms. The molecule has 2 aromatic carbocycles. The topological polar surface area (TPSA) is 72.9 Å². The lowest BCUT2D eigenvalue weighted by atomic mass is 10.1. The lowest BCUT2D eigenvalue weighted by Crippen LogP contribution is -2.30. The summed E-state index contributed by atoms with van der Waals surface area (Å²) in [4.78, 5) is 12.7. The molecule has 0 N–H and O–H groups in total. The Hall–Kier alpha value is -2.16. The van der Waals surface area contributed by atoms with Crippen molar-refractivity contribution < 1.29 is 22.7 Å². The van der Waals surface area contributed by atoms with Gasteiger partial charge in [0.15, 0.2) is 17.3 Å². The van der Waals surface area contributed by atoms with Gasteiger partial charge in [-0.25, -0.2) is 8.42 Å². The molecule has 0 fully saturated rings. The monoisotopic (exact) mass is 481 g/mol. The molecule has 2 aromatic rings. The molecule has 0 aliphatic carbocycles. The van der Waals surface area contributed by atoms with E-state index in [2.05, 4.69) is 15.9 Å². The Kier molecular flexibility index (Phi) is 8.01. The maximum atomic E-state index is 12.5. The number of allylic oxidation sites excluding steroid dienone is 1. The van der Waals surface area contributed by atoms with Crippen LogP contribution in [0.3, 0.4) is 0 Å². The normalized spacial score (nSPS) is 11.8. The van der Waals surface area contributed by atoms with E-state index in [1.165, 1.54) is 41.8 Å². The quantitative estimate of drug-likeness (QED) is 0.392. The first-order valence-corrected chi connectivity index (χ1v) is 11.3. The Bertz CT molecular complexity index is 996. The minimum absolute atomic E-state index is 0.171. The molecule has 0 unspecified atom stereocenters. The molecule has 0 aliphatic rings. The van der Waals surface area contributed by atoms with Gasteiger partial charge in [-0.05, 0) is 54.1 Å². The summed E-state index contributed by atoms with van der Waals surface area (Å²) in [6.45, 7) is 4.36. The molecule has 0 radical (unpaired) electrons. The zero-order valence-electron chi connectivity index (χ0n) is 16.8. The average Bonchev–Trinajstić information content (AvgIpc) is 2.73. The zero-order valence-corrected chi connectivity index (χ0v) is 19.2. The highest BCUT2D eigenvalue weighted by Crippen LogP contribution is 2.34. The molecule has 0 aliphatic heterocycles. The van der Waals surface area contributed by atoms with Crippen LogP contribution in [0.4, 0.5) is 0 Å². The van der Waals surface area contributed by atoms with Gasteiger partial charge in [-0.3, -0.25) is 4.79 Å². The first-order valence-electron chi connectivity index (χ1n) is 9.02. The van der Waals surface area contributed by atoms with Gasteiger partial charge >= 0.3 is 0 Å². The zero-order chi connectivity index (χ0) is 21.6. The van der Waals surface area contributed by atoms with E-state index in [9.17, 15) is 13.2 Å². The van der Waals surface area contributed by atoms with Gasteiger partial charge < -0.3 is 9.47 Å². The lowest BCUT2D eigenvalue weighted by Gasteiger charge is -2.18. The summed E-state index contributed by atoms with van der Waals surface area (Å²) in [5.74, 6) is 0.889. The third kappa shape index (κ3) is 5.26. The van der Waals surface area contributed by atoms with Gasteiger partial charge in [0.25, 0.3) is 0 Å². The van der Waals surface area contributed by atoms with Crippen molar-refractivity contribution in [2.45, 2.75) is 18.7 Å². The summed E-state index contributed by atoms with van der Waals surface area (Å²) in [7, 11) is -0.458. The van der Waals surface area contributed by atoms with Crippen LogP contribution in [0.1, 0.15) is 29.8 Å². The third-order valence-corrected chi connectivity index (χ3v) is 7.15. The Morgan fingerprint density at radius 3 is 2.10 bits per heavy atom. The van der Waals surface area contributed by atoms with Gasteiger partial charge in [-0.15, -0.1) is 0 Å². The van der Waals surface area contributed by atoms with Gasteiger partial charge in [0.05, 0.1) is 19.1 Å². The highest BCUT2D eigenvalue weighted by Gasteiger charge is 2.21. The van der Waals surface area contributed by atoms with E-state index >= 15 is 0 Å². The van der Waals surface area contributed by atoms with Crippen LogP contribution in [0.2, 0.25) is 0 Å². The van der Waals surface area contributed by atoms with Crippen LogP contribution in [0.5, 0.6) is 11.5 Å². The number of carbonyl (C=O) groups is 1. The van der Waals surface area contributed by atoms with Crippen LogP contribution < -0.4 is 9.47 Å². The summed E-state index contributed by atoms with van der Waals surface area (Å²) < 4.78 is 37.7. The molecule has 6 nitrogen and oxygen atoms in total. The summed E-state index contributed by atoms with van der Waals surface area (Å²) >= 11 is 3.45. The molecule has 2 rings (SSSR count). The van der Waals surface area contributed by atoms with Crippen molar-refractivity contribution in [3.05, 3.63) is 58.1 Å². The van der Waals surface area contributed by atoms with Crippen molar-refractivity contribution in [3.8, 4) is 11.5 Å². The molecule has 0 spiro atoms. The molecule has 0 aromatic heterocycles.